The van der Waals surface area contributed by atoms with Gasteiger partial charge in [0.05, 0.1) is 12.2 Å². The Morgan fingerprint density at radius 1 is 0.875 bits per heavy atom. The Morgan fingerprint density at radius 2 is 1.53 bits per heavy atom. The van der Waals surface area contributed by atoms with Crippen molar-refractivity contribution in [3.8, 4) is 0 Å². The van der Waals surface area contributed by atoms with Crippen LogP contribution in [0.3, 0.4) is 0 Å². The minimum Gasteiger partial charge on any atom is -0.304 e. The van der Waals surface area contributed by atoms with Gasteiger partial charge in [-0.2, -0.15) is 0 Å². The highest BCUT2D eigenvalue weighted by Crippen LogP contribution is 2.52. The molecule has 2 heterocycles. The van der Waals surface area contributed by atoms with E-state index in [1.807, 2.05) is 38.1 Å². The zero-order valence-corrected chi connectivity index (χ0v) is 18.6. The zero-order valence-electron chi connectivity index (χ0n) is 17.8. The van der Waals surface area contributed by atoms with Crippen molar-refractivity contribution < 1.29 is 18.0 Å². The van der Waals surface area contributed by atoms with E-state index in [4.69, 9.17) is 0 Å². The molecule has 1 atom stereocenters. The van der Waals surface area contributed by atoms with Crippen LogP contribution in [0, 0.1) is 13.8 Å². The van der Waals surface area contributed by atoms with E-state index >= 15 is 0 Å². The number of nitrogens with zero attached hydrogens (tertiary/aromatic N) is 2. The highest BCUT2D eigenvalue weighted by atomic mass is 32.2. The molecule has 1 spiro atoms. The van der Waals surface area contributed by atoms with Crippen LogP contribution in [0.4, 0.5) is 11.4 Å². The van der Waals surface area contributed by atoms with Gasteiger partial charge in [0.25, 0.3) is 10.8 Å². The van der Waals surface area contributed by atoms with Crippen molar-refractivity contribution in [1.29, 1.82) is 0 Å². The molecule has 3 aromatic rings. The predicted octanol–water partition coefficient (Wildman–Crippen LogP) is 3.46. The number of rotatable bonds is 3. The standard InChI is InChI=1S/C25H22N2O4S/c1-17-11-13-20(14-12-17)27-23(28)16-32(30,31)25(27)21-9-5-6-10-22(21)26(24(25)29)15-19-8-4-3-7-18(19)2/h3-14H,15-16H2,1-2H3. The number of hydrogen-bond acceptors (Lipinski definition) is 4. The molecule has 0 radical (unpaired) electrons. The van der Waals surface area contributed by atoms with Crippen molar-refractivity contribution in [2.75, 3.05) is 15.6 Å². The number of anilines is 2. The largest absolute Gasteiger partial charge is 0.304 e. The minimum absolute atomic E-state index is 0.218. The number of sulfone groups is 1. The van der Waals surface area contributed by atoms with Gasteiger partial charge in [-0.3, -0.25) is 14.5 Å². The Bertz CT molecular complexity index is 1360. The smallest absolute Gasteiger partial charge is 0.274 e. The number of hydrogen-bond donors (Lipinski definition) is 0. The van der Waals surface area contributed by atoms with Crippen LogP contribution in [0.25, 0.3) is 0 Å². The summed E-state index contributed by atoms with van der Waals surface area (Å²) in [5.74, 6) is -1.93. The van der Waals surface area contributed by atoms with Crippen LogP contribution < -0.4 is 9.80 Å². The summed E-state index contributed by atoms with van der Waals surface area (Å²) >= 11 is 0. The second kappa shape index (κ2) is 7.03. The van der Waals surface area contributed by atoms with E-state index in [9.17, 15) is 18.0 Å². The molecular weight excluding hydrogens is 424 g/mol. The molecule has 2 aliphatic heterocycles. The van der Waals surface area contributed by atoms with E-state index in [0.717, 1.165) is 16.7 Å². The molecule has 6 nitrogen and oxygen atoms in total. The van der Waals surface area contributed by atoms with Gasteiger partial charge >= 0.3 is 0 Å². The molecule has 3 aromatic carbocycles. The monoisotopic (exact) mass is 446 g/mol. The second-order valence-electron chi connectivity index (χ2n) is 8.30. The van der Waals surface area contributed by atoms with Crippen molar-refractivity contribution in [2.24, 2.45) is 0 Å². The van der Waals surface area contributed by atoms with Gasteiger partial charge in [-0.25, -0.2) is 8.42 Å². The number of aryl methyl sites for hydroxylation is 2. The van der Waals surface area contributed by atoms with Crippen LogP contribution >= 0.6 is 0 Å². The lowest BCUT2D eigenvalue weighted by atomic mass is 10.0. The average molecular weight is 447 g/mol. The van der Waals surface area contributed by atoms with Crippen LogP contribution in [0.1, 0.15) is 22.3 Å². The molecule has 32 heavy (non-hydrogen) atoms. The summed E-state index contributed by atoms with van der Waals surface area (Å²) in [4.78, 5) is 27.7. The first-order valence-corrected chi connectivity index (χ1v) is 12.0. The quantitative estimate of drug-likeness (QED) is 0.618. The SMILES string of the molecule is Cc1ccc(N2C(=O)CS(=O)(=O)C23C(=O)N(Cc2ccccc2C)c2ccccc23)cc1. The van der Waals surface area contributed by atoms with Crippen molar-refractivity contribution in [3.05, 3.63) is 95.1 Å². The van der Waals surface area contributed by atoms with Crippen LogP contribution in [0.15, 0.2) is 72.8 Å². The summed E-state index contributed by atoms with van der Waals surface area (Å²) in [7, 11) is -4.16. The van der Waals surface area contributed by atoms with Crippen LogP contribution in [-0.2, 0) is 30.8 Å². The summed E-state index contributed by atoms with van der Waals surface area (Å²) in [6.45, 7) is 4.07. The fourth-order valence-corrected chi connectivity index (χ4v) is 6.73. The normalized spacial score (nSPS) is 21.4. The van der Waals surface area contributed by atoms with Crippen LogP contribution in [-0.4, -0.2) is 26.0 Å². The predicted molar refractivity (Wildman–Crippen MR) is 123 cm³/mol. The topological polar surface area (TPSA) is 74.8 Å². The fraction of sp³-hybridized carbons (Fsp3) is 0.200. The Labute approximate surface area is 187 Å². The van der Waals surface area contributed by atoms with Gasteiger partial charge in [-0.1, -0.05) is 60.2 Å². The summed E-state index contributed by atoms with van der Waals surface area (Å²) in [5.41, 5.74) is 4.11. The zero-order chi connectivity index (χ0) is 22.7. The number of para-hydroxylation sites is 1. The molecule has 0 bridgehead atoms. The van der Waals surface area contributed by atoms with Crippen molar-refractivity contribution >= 4 is 33.0 Å². The Kier molecular flexibility index (Phi) is 4.49. The lowest BCUT2D eigenvalue weighted by Crippen LogP contribution is -2.54. The third kappa shape index (κ3) is 2.67. The van der Waals surface area contributed by atoms with Crippen molar-refractivity contribution in [2.45, 2.75) is 25.3 Å². The van der Waals surface area contributed by atoms with Crippen molar-refractivity contribution in [1.82, 2.24) is 0 Å². The Balaban J connectivity index is 1.74. The van der Waals surface area contributed by atoms with E-state index in [1.165, 1.54) is 9.80 Å². The molecule has 0 N–H and O–H groups in total. The first kappa shape index (κ1) is 20.5. The van der Waals surface area contributed by atoms with Crippen LogP contribution in [0.5, 0.6) is 0 Å². The third-order valence-corrected chi connectivity index (χ3v) is 8.41. The molecule has 1 saturated heterocycles. The lowest BCUT2D eigenvalue weighted by molar-refractivity contribution is -0.123. The molecule has 5 rings (SSSR count). The lowest BCUT2D eigenvalue weighted by Gasteiger charge is -2.32. The Hall–Kier alpha value is -3.45. The maximum atomic E-state index is 14.1. The first-order chi connectivity index (χ1) is 15.3. The van der Waals surface area contributed by atoms with Gasteiger partial charge in [0.1, 0.15) is 5.75 Å². The minimum atomic E-state index is -4.16. The molecule has 0 aliphatic carbocycles. The second-order valence-corrected chi connectivity index (χ2v) is 10.4. The fourth-order valence-electron chi connectivity index (χ4n) is 4.70. The van der Waals surface area contributed by atoms with E-state index in [0.29, 0.717) is 16.9 Å². The van der Waals surface area contributed by atoms with Crippen LogP contribution in [0.2, 0.25) is 0 Å². The maximum absolute atomic E-state index is 14.1. The van der Waals surface area contributed by atoms with Gasteiger partial charge in [0, 0.05) is 11.3 Å². The van der Waals surface area contributed by atoms with Gasteiger partial charge in [-0.05, 0) is 43.2 Å². The van der Waals surface area contributed by atoms with E-state index < -0.39 is 32.3 Å². The third-order valence-electron chi connectivity index (χ3n) is 6.30. The van der Waals surface area contributed by atoms with Crippen molar-refractivity contribution in [3.63, 3.8) is 0 Å². The molecule has 1 fully saturated rings. The number of carbonyl (C=O) groups excluding carboxylic acids is 2. The summed E-state index contributed by atoms with van der Waals surface area (Å²) < 4.78 is 27.2. The average Bonchev–Trinajstić information content (AvgIpc) is 3.13. The molecule has 0 saturated carbocycles. The van der Waals surface area contributed by atoms with E-state index in [-0.39, 0.29) is 6.54 Å². The molecule has 1 unspecified atom stereocenters. The summed E-state index contributed by atoms with van der Waals surface area (Å²) in [6, 6.07) is 21.5. The highest BCUT2D eigenvalue weighted by Gasteiger charge is 2.69. The number of benzene rings is 3. The first-order valence-electron chi connectivity index (χ1n) is 10.4. The van der Waals surface area contributed by atoms with Gasteiger partial charge in [0.15, 0.2) is 9.84 Å². The number of amides is 2. The molecular formula is C25H22N2O4S. The summed E-state index contributed by atoms with van der Waals surface area (Å²) in [6.07, 6.45) is 0. The molecule has 162 valence electrons. The van der Waals surface area contributed by atoms with Gasteiger partial charge in [0.2, 0.25) is 5.91 Å². The maximum Gasteiger partial charge on any atom is 0.274 e. The molecule has 2 aliphatic rings. The highest BCUT2D eigenvalue weighted by molar-refractivity contribution is 7.94. The number of fused-ring (bicyclic) bond motifs is 2. The summed E-state index contributed by atoms with van der Waals surface area (Å²) in [5, 5.41) is 0. The molecule has 2 amide bonds. The van der Waals surface area contributed by atoms with E-state index in [2.05, 4.69) is 0 Å². The van der Waals surface area contributed by atoms with E-state index in [1.54, 1.807) is 48.5 Å². The number of carbonyl (C=O) groups is 2. The van der Waals surface area contributed by atoms with Gasteiger partial charge in [-0.15, -0.1) is 0 Å². The molecule has 7 heteroatoms. The Morgan fingerprint density at radius 3 is 2.25 bits per heavy atom. The molecule has 0 aromatic heterocycles. The van der Waals surface area contributed by atoms with Gasteiger partial charge < -0.3 is 4.90 Å².